The van der Waals surface area contributed by atoms with E-state index in [1.807, 2.05) is 18.7 Å². The monoisotopic (exact) mass is 272 g/mol. The second-order valence-corrected chi connectivity index (χ2v) is 6.75. The standard InChI is InChI=1S/C13H24N2O2S/c1-10(12(16)15(2)3)14-11-4-6-17-13(8-11)5-7-18-9-13/h10-11,14H,4-9H2,1-3H3. The zero-order valence-electron chi connectivity index (χ0n) is 11.6. The summed E-state index contributed by atoms with van der Waals surface area (Å²) in [4.78, 5) is 13.5. The Hall–Kier alpha value is -0.260. The number of carbonyl (C=O) groups excluding carboxylic acids is 1. The third kappa shape index (κ3) is 3.19. The molecule has 0 aromatic heterocycles. The van der Waals surface area contributed by atoms with Crippen LogP contribution in [0.3, 0.4) is 0 Å². The van der Waals surface area contributed by atoms with Gasteiger partial charge in [-0.25, -0.2) is 0 Å². The number of carbonyl (C=O) groups is 1. The molecule has 2 aliphatic rings. The maximum Gasteiger partial charge on any atom is 0.238 e. The second kappa shape index (κ2) is 5.80. The fourth-order valence-electron chi connectivity index (χ4n) is 2.85. The van der Waals surface area contributed by atoms with Crippen molar-refractivity contribution < 1.29 is 9.53 Å². The fourth-order valence-corrected chi connectivity index (χ4v) is 4.22. The van der Waals surface area contributed by atoms with Crippen LogP contribution in [0.15, 0.2) is 0 Å². The number of likely N-dealkylation sites (N-methyl/N-ethyl adjacent to an activating group) is 1. The van der Waals surface area contributed by atoms with Gasteiger partial charge in [0.1, 0.15) is 0 Å². The molecule has 1 spiro atoms. The molecular weight excluding hydrogens is 248 g/mol. The molecule has 2 aliphatic heterocycles. The van der Waals surface area contributed by atoms with Gasteiger partial charge in [-0.1, -0.05) is 0 Å². The van der Waals surface area contributed by atoms with Crippen LogP contribution >= 0.6 is 11.8 Å². The largest absolute Gasteiger partial charge is 0.374 e. The van der Waals surface area contributed by atoms with Crippen molar-refractivity contribution in [1.82, 2.24) is 10.2 Å². The number of ether oxygens (including phenoxy) is 1. The lowest BCUT2D eigenvalue weighted by Gasteiger charge is -2.39. The number of amides is 1. The lowest BCUT2D eigenvalue weighted by Crippen LogP contribution is -2.52. The van der Waals surface area contributed by atoms with Crippen molar-refractivity contribution >= 4 is 17.7 Å². The molecule has 2 heterocycles. The summed E-state index contributed by atoms with van der Waals surface area (Å²) in [6, 6.07) is 0.311. The highest BCUT2D eigenvalue weighted by molar-refractivity contribution is 7.99. The number of hydrogen-bond donors (Lipinski definition) is 1. The van der Waals surface area contributed by atoms with Crippen LogP contribution in [0.4, 0.5) is 0 Å². The zero-order valence-corrected chi connectivity index (χ0v) is 12.4. The molecule has 2 saturated heterocycles. The van der Waals surface area contributed by atoms with Crippen LogP contribution in [0.1, 0.15) is 26.2 Å². The molecule has 0 aliphatic carbocycles. The Labute approximate surface area is 114 Å². The molecule has 0 aromatic rings. The minimum atomic E-state index is -0.103. The molecule has 1 amide bonds. The predicted molar refractivity (Wildman–Crippen MR) is 74.9 cm³/mol. The molecule has 18 heavy (non-hydrogen) atoms. The Bertz CT molecular complexity index is 303. The minimum absolute atomic E-state index is 0.0848. The fraction of sp³-hybridized carbons (Fsp3) is 0.923. The topological polar surface area (TPSA) is 41.6 Å². The number of hydrogen-bond acceptors (Lipinski definition) is 4. The number of nitrogens with zero attached hydrogens (tertiary/aromatic N) is 1. The Morgan fingerprint density at radius 3 is 2.94 bits per heavy atom. The normalized spacial score (nSPS) is 33.6. The van der Waals surface area contributed by atoms with Crippen molar-refractivity contribution in [3.63, 3.8) is 0 Å². The molecule has 0 aromatic carbocycles. The van der Waals surface area contributed by atoms with Gasteiger partial charge in [0.05, 0.1) is 11.6 Å². The highest BCUT2D eigenvalue weighted by Crippen LogP contribution is 2.38. The molecule has 0 saturated carbocycles. The Kier molecular flexibility index (Phi) is 4.56. The molecule has 3 unspecified atom stereocenters. The van der Waals surface area contributed by atoms with E-state index in [0.29, 0.717) is 6.04 Å². The van der Waals surface area contributed by atoms with E-state index >= 15 is 0 Å². The summed E-state index contributed by atoms with van der Waals surface area (Å²) in [7, 11) is 3.61. The summed E-state index contributed by atoms with van der Waals surface area (Å²) in [5.74, 6) is 2.47. The Morgan fingerprint density at radius 2 is 2.33 bits per heavy atom. The van der Waals surface area contributed by atoms with Crippen LogP contribution in [-0.4, -0.2) is 60.7 Å². The minimum Gasteiger partial charge on any atom is -0.374 e. The van der Waals surface area contributed by atoms with Crippen LogP contribution in [0.5, 0.6) is 0 Å². The first kappa shape index (κ1) is 14.2. The van der Waals surface area contributed by atoms with Gasteiger partial charge in [-0.05, 0) is 31.9 Å². The van der Waals surface area contributed by atoms with E-state index in [0.717, 1.165) is 31.6 Å². The first-order valence-electron chi connectivity index (χ1n) is 6.71. The smallest absolute Gasteiger partial charge is 0.238 e. The summed E-state index contributed by atoms with van der Waals surface area (Å²) in [5.41, 5.74) is 0.0848. The van der Waals surface area contributed by atoms with Crippen LogP contribution in [-0.2, 0) is 9.53 Å². The second-order valence-electron chi connectivity index (χ2n) is 5.64. The molecule has 2 fully saturated rings. The van der Waals surface area contributed by atoms with E-state index < -0.39 is 0 Å². The molecule has 1 N–H and O–H groups in total. The summed E-state index contributed by atoms with van der Waals surface area (Å²) in [5, 5.41) is 3.47. The third-order valence-corrected chi connectivity index (χ3v) is 5.08. The van der Waals surface area contributed by atoms with Gasteiger partial charge in [0, 0.05) is 32.5 Å². The van der Waals surface area contributed by atoms with Gasteiger partial charge in [0.2, 0.25) is 5.91 Å². The first-order chi connectivity index (χ1) is 8.52. The van der Waals surface area contributed by atoms with Crippen molar-refractivity contribution in [3.8, 4) is 0 Å². The number of thioether (sulfide) groups is 1. The molecule has 3 atom stereocenters. The number of nitrogens with one attached hydrogen (secondary N) is 1. The Balaban J connectivity index is 1.87. The van der Waals surface area contributed by atoms with E-state index in [1.165, 1.54) is 5.75 Å². The van der Waals surface area contributed by atoms with Crippen molar-refractivity contribution in [2.24, 2.45) is 0 Å². The van der Waals surface area contributed by atoms with Crippen LogP contribution in [0, 0.1) is 0 Å². The summed E-state index contributed by atoms with van der Waals surface area (Å²) in [6.07, 6.45) is 3.22. The van der Waals surface area contributed by atoms with E-state index in [9.17, 15) is 4.79 Å². The maximum atomic E-state index is 11.9. The molecule has 2 rings (SSSR count). The molecule has 5 heteroatoms. The van der Waals surface area contributed by atoms with Gasteiger partial charge in [0.25, 0.3) is 0 Å². The van der Waals surface area contributed by atoms with E-state index in [1.54, 1.807) is 19.0 Å². The molecular formula is C13H24N2O2S. The van der Waals surface area contributed by atoms with Crippen LogP contribution < -0.4 is 5.32 Å². The average molecular weight is 272 g/mol. The lowest BCUT2D eigenvalue weighted by molar-refractivity contribution is -0.131. The molecule has 0 radical (unpaired) electrons. The maximum absolute atomic E-state index is 11.9. The van der Waals surface area contributed by atoms with Crippen LogP contribution in [0.2, 0.25) is 0 Å². The SMILES string of the molecule is CC(NC1CCOC2(CCSC2)C1)C(=O)N(C)C. The van der Waals surface area contributed by atoms with Crippen molar-refractivity contribution in [2.45, 2.75) is 43.9 Å². The molecule has 4 nitrogen and oxygen atoms in total. The summed E-state index contributed by atoms with van der Waals surface area (Å²) >= 11 is 1.98. The quantitative estimate of drug-likeness (QED) is 0.835. The lowest BCUT2D eigenvalue weighted by atomic mass is 9.89. The average Bonchev–Trinajstić information content (AvgIpc) is 2.76. The highest BCUT2D eigenvalue weighted by atomic mass is 32.2. The van der Waals surface area contributed by atoms with Gasteiger partial charge >= 0.3 is 0 Å². The van der Waals surface area contributed by atoms with Gasteiger partial charge in [0.15, 0.2) is 0 Å². The van der Waals surface area contributed by atoms with Gasteiger partial charge in [-0.2, -0.15) is 11.8 Å². The third-order valence-electron chi connectivity index (χ3n) is 3.86. The van der Waals surface area contributed by atoms with E-state index in [4.69, 9.17) is 4.74 Å². The Morgan fingerprint density at radius 1 is 1.56 bits per heavy atom. The van der Waals surface area contributed by atoms with E-state index in [2.05, 4.69) is 5.32 Å². The van der Waals surface area contributed by atoms with Gasteiger partial charge in [-0.3, -0.25) is 4.79 Å². The molecule has 104 valence electrons. The summed E-state index contributed by atoms with van der Waals surface area (Å²) in [6.45, 7) is 2.77. The van der Waals surface area contributed by atoms with Crippen molar-refractivity contribution in [1.29, 1.82) is 0 Å². The molecule has 0 bridgehead atoms. The predicted octanol–water partition coefficient (Wildman–Crippen LogP) is 1.11. The van der Waals surface area contributed by atoms with Gasteiger partial charge < -0.3 is 15.0 Å². The first-order valence-corrected chi connectivity index (χ1v) is 7.87. The highest BCUT2D eigenvalue weighted by Gasteiger charge is 2.40. The van der Waals surface area contributed by atoms with Crippen LogP contribution in [0.25, 0.3) is 0 Å². The number of rotatable bonds is 3. The summed E-state index contributed by atoms with van der Waals surface area (Å²) < 4.78 is 5.99. The van der Waals surface area contributed by atoms with E-state index in [-0.39, 0.29) is 17.6 Å². The zero-order chi connectivity index (χ0) is 13.2. The van der Waals surface area contributed by atoms with Crippen molar-refractivity contribution in [2.75, 3.05) is 32.2 Å². The van der Waals surface area contributed by atoms with Crippen molar-refractivity contribution in [3.05, 3.63) is 0 Å². The van der Waals surface area contributed by atoms with Gasteiger partial charge in [-0.15, -0.1) is 0 Å².